The van der Waals surface area contributed by atoms with Gasteiger partial charge in [0, 0.05) is 55.4 Å². The number of nitrogens with zero attached hydrogens (tertiary/aromatic N) is 2. The van der Waals surface area contributed by atoms with Gasteiger partial charge in [0.2, 0.25) is 5.91 Å². The zero-order valence-corrected chi connectivity index (χ0v) is 63.8. The van der Waals surface area contributed by atoms with Crippen molar-refractivity contribution in [1.29, 1.82) is 0 Å². The molecule has 6 amide bonds. The van der Waals surface area contributed by atoms with E-state index in [1.165, 1.54) is 75.9 Å². The van der Waals surface area contributed by atoms with Crippen LogP contribution in [-0.2, 0) is 9.59 Å². The lowest BCUT2D eigenvalue weighted by Gasteiger charge is -2.33. The van der Waals surface area contributed by atoms with E-state index in [2.05, 4.69) is 191 Å². The van der Waals surface area contributed by atoms with Gasteiger partial charge in [-0.1, -0.05) is 180 Å². The number of anilines is 4. The van der Waals surface area contributed by atoms with Crippen LogP contribution >= 0.6 is 0 Å². The standard InChI is InChI=1S/C101H76N4O6/c1-46(2)77-42-59(102-95(106)50(9)10)43-78(47(3)4)93(77)104-96(107)73-30-26-65-61-18-22-69-81-38-55-34-51-14-16-53-36-57-40-83-71-24-20-63-67-28-32-75-92-76(99(110)105(98(75)109)94-79(48(5)6)44-60(45-80(94)49(7)8)103-100(111)101(11,12)13)33-29-68(88(67)92)64-21-25-72(90(71)86(63)64)84(83)41-58(57)37-54(53)17-15-52(51)35-56(55)39-82(81)70-23-19-62(85(61)89(69)70)66-27-31-74(97(104)108)91(73)87(65)66/h14-49H,9H2,1-8,10-13H3,(H,102,106)(H,103,111). The van der Waals surface area contributed by atoms with Crippen LogP contribution in [0, 0.1) is 5.41 Å². The van der Waals surface area contributed by atoms with Gasteiger partial charge < -0.3 is 10.6 Å². The lowest BCUT2D eigenvalue weighted by Crippen LogP contribution is -2.42. The fraction of sp³-hybridized carbons (Fsp3) is 0.168. The molecule has 2 N–H and O–H groups in total. The third kappa shape index (κ3) is 9.07. The number of rotatable bonds is 9. The Morgan fingerprint density at radius 2 is 0.550 bits per heavy atom. The summed E-state index contributed by atoms with van der Waals surface area (Å²) in [5.41, 5.74) is 21.4. The van der Waals surface area contributed by atoms with Gasteiger partial charge in [0.05, 0.1) is 11.4 Å². The zero-order valence-electron chi connectivity index (χ0n) is 63.8. The maximum absolute atomic E-state index is 15.3. The first-order chi connectivity index (χ1) is 53.3. The molecule has 10 heteroatoms. The number of carbonyl (C=O) groups excluding carboxylic acids is 6. The van der Waals surface area contributed by atoms with E-state index < -0.39 is 5.41 Å². The highest BCUT2D eigenvalue weighted by atomic mass is 16.2. The lowest BCUT2D eigenvalue weighted by molar-refractivity contribution is -0.123. The van der Waals surface area contributed by atoms with Crippen LogP contribution in [0.4, 0.5) is 22.7 Å². The molecule has 0 bridgehead atoms. The summed E-state index contributed by atoms with van der Waals surface area (Å²) in [6.45, 7) is 27.6. The van der Waals surface area contributed by atoms with E-state index >= 15 is 19.2 Å². The van der Waals surface area contributed by atoms with Crippen molar-refractivity contribution in [3.63, 3.8) is 0 Å². The Bertz CT molecular complexity index is 6900. The number of imide groups is 2. The van der Waals surface area contributed by atoms with Crippen LogP contribution in [0.3, 0.4) is 0 Å². The fourth-order valence-electron chi connectivity index (χ4n) is 19.4. The molecule has 0 saturated heterocycles. The Labute approximate surface area is 641 Å². The highest BCUT2D eigenvalue weighted by Crippen LogP contribution is 2.58. The number of amides is 6. The van der Waals surface area contributed by atoms with Crippen LogP contribution in [0.5, 0.6) is 0 Å². The Kier molecular flexibility index (Phi) is 13.6. The summed E-state index contributed by atoms with van der Waals surface area (Å²) in [6.07, 6.45) is 9.06. The average Bonchev–Trinajstić information content (AvgIpc) is 1.68. The molecule has 16 aromatic rings. The van der Waals surface area contributed by atoms with Crippen molar-refractivity contribution in [3.05, 3.63) is 249 Å². The molecular formula is C101H76N4O6. The van der Waals surface area contributed by atoms with Crippen molar-refractivity contribution >= 4 is 190 Å². The topological polar surface area (TPSA) is 133 Å². The van der Waals surface area contributed by atoms with E-state index in [-0.39, 0.29) is 59.1 Å². The van der Waals surface area contributed by atoms with Gasteiger partial charge in [-0.25, -0.2) is 9.80 Å². The van der Waals surface area contributed by atoms with Gasteiger partial charge in [-0.15, -0.1) is 0 Å². The Morgan fingerprint density at radius 3 is 0.784 bits per heavy atom. The number of nitrogens with one attached hydrogen (secondary N) is 2. The first-order valence-corrected chi connectivity index (χ1v) is 38.7. The second-order valence-electron chi connectivity index (χ2n) is 33.9. The van der Waals surface area contributed by atoms with Crippen molar-refractivity contribution in [2.45, 2.75) is 107 Å². The molecule has 0 saturated carbocycles. The van der Waals surface area contributed by atoms with Gasteiger partial charge in [0.15, 0.2) is 0 Å². The first kappa shape index (κ1) is 66.3. The van der Waals surface area contributed by atoms with Gasteiger partial charge in [-0.3, -0.25) is 28.8 Å². The molecular weight excluding hydrogens is 1370 g/mol. The second-order valence-corrected chi connectivity index (χ2v) is 33.9. The van der Waals surface area contributed by atoms with Gasteiger partial charge in [-0.2, -0.15) is 0 Å². The summed E-state index contributed by atoms with van der Waals surface area (Å²) in [4.78, 5) is 90.2. The first-order valence-electron chi connectivity index (χ1n) is 38.7. The summed E-state index contributed by atoms with van der Waals surface area (Å²) in [6, 6.07) is 60.5. The minimum atomic E-state index is -0.619. The van der Waals surface area contributed by atoms with Gasteiger partial charge in [0.25, 0.3) is 29.5 Å². The van der Waals surface area contributed by atoms with Crippen molar-refractivity contribution < 1.29 is 28.8 Å². The van der Waals surface area contributed by atoms with E-state index in [9.17, 15) is 9.59 Å². The van der Waals surface area contributed by atoms with Crippen LogP contribution in [0.2, 0.25) is 0 Å². The van der Waals surface area contributed by atoms with Gasteiger partial charge in [0.1, 0.15) is 0 Å². The van der Waals surface area contributed by atoms with Crippen molar-refractivity contribution in [2.75, 3.05) is 20.4 Å². The number of carbonyl (C=O) groups is 6. The molecule has 536 valence electrons. The molecule has 0 radical (unpaired) electrons. The van der Waals surface area contributed by atoms with E-state index in [0.29, 0.717) is 61.3 Å². The fourth-order valence-corrected chi connectivity index (χ4v) is 19.4. The minimum Gasteiger partial charge on any atom is -0.326 e. The second kappa shape index (κ2) is 22.8. The summed E-state index contributed by atoms with van der Waals surface area (Å²) in [5, 5.41) is 27.0. The van der Waals surface area contributed by atoms with Gasteiger partial charge in [-0.05, 0) is 314 Å². The Balaban J connectivity index is 0.611. The van der Waals surface area contributed by atoms with Crippen LogP contribution in [0.15, 0.2) is 182 Å². The summed E-state index contributed by atoms with van der Waals surface area (Å²) < 4.78 is 0. The van der Waals surface area contributed by atoms with Crippen LogP contribution in [0.1, 0.15) is 193 Å². The third-order valence-corrected chi connectivity index (χ3v) is 24.8. The van der Waals surface area contributed by atoms with E-state index in [0.717, 1.165) is 120 Å². The number of benzene rings is 16. The monoisotopic (exact) mass is 1440 g/mol. The van der Waals surface area contributed by atoms with Crippen molar-refractivity contribution in [1.82, 2.24) is 0 Å². The molecule has 5 aliphatic rings. The predicted octanol–water partition coefficient (Wildman–Crippen LogP) is 25.6. The largest absolute Gasteiger partial charge is 0.326 e. The summed E-state index contributed by atoms with van der Waals surface area (Å²) >= 11 is 0. The number of hydrogen-bond acceptors (Lipinski definition) is 6. The molecule has 2 aliphatic heterocycles. The third-order valence-electron chi connectivity index (χ3n) is 24.8. The molecule has 10 nitrogen and oxygen atoms in total. The van der Waals surface area contributed by atoms with Crippen LogP contribution in [-0.4, -0.2) is 35.4 Å². The molecule has 0 fully saturated rings. The summed E-state index contributed by atoms with van der Waals surface area (Å²) in [7, 11) is 0. The molecule has 111 heavy (non-hydrogen) atoms. The normalized spacial score (nSPS) is 14.2. The lowest BCUT2D eigenvalue weighted by atomic mass is 9.83. The number of hydrogen-bond donors (Lipinski definition) is 2. The van der Waals surface area contributed by atoms with Crippen molar-refractivity contribution in [2.24, 2.45) is 5.41 Å². The van der Waals surface area contributed by atoms with E-state index in [1.807, 2.05) is 97.0 Å². The molecule has 0 unspecified atom stereocenters. The van der Waals surface area contributed by atoms with E-state index in [4.69, 9.17) is 0 Å². The highest BCUT2D eigenvalue weighted by molar-refractivity contribution is 6.46. The molecule has 0 aromatic heterocycles. The molecule has 0 atom stereocenters. The smallest absolute Gasteiger partial charge is 0.266 e. The molecule has 3 aliphatic carbocycles. The zero-order chi connectivity index (χ0) is 76.5. The summed E-state index contributed by atoms with van der Waals surface area (Å²) in [5.74, 6) is -2.15. The predicted molar refractivity (Wildman–Crippen MR) is 460 cm³/mol. The highest BCUT2D eigenvalue weighted by Gasteiger charge is 2.42. The maximum atomic E-state index is 15.3. The Morgan fingerprint density at radius 1 is 0.315 bits per heavy atom. The van der Waals surface area contributed by atoms with E-state index in [1.54, 1.807) is 6.92 Å². The molecule has 0 spiro atoms. The van der Waals surface area contributed by atoms with Crippen LogP contribution < -0.4 is 20.4 Å². The maximum Gasteiger partial charge on any atom is 0.266 e. The average molecular weight is 1440 g/mol. The minimum absolute atomic E-state index is 0.0719. The molecule has 16 aromatic carbocycles. The quantitative estimate of drug-likeness (QED) is 0.0640. The Hall–Kier alpha value is -12.9. The van der Waals surface area contributed by atoms with Crippen LogP contribution in [0.25, 0.3) is 177 Å². The molecule has 2 heterocycles. The van der Waals surface area contributed by atoms with Crippen molar-refractivity contribution in [3.8, 4) is 44.5 Å². The SMILES string of the molecule is C=C(C)C(=O)Nc1cc(C(C)C)c(N2C(=O)c3ccc4c5ccc6c7c(ccc(c8ccc(c3c48)C2=O)c75)-c2cc3cc4c(cc3cc2-6)C=Cc2cc3cc5c(cc3cc2C=C4)-c2ccc3c4ccc6c7c(ccc(c8ccc-5c2c83)c74)C(=O)N(c2c(C(C)C)cc(NC(=O)C(C)(C)C)cc2C(C)C)C6=O)c(C(C)C)c1. The van der Waals surface area contributed by atoms with Gasteiger partial charge >= 0.3 is 0 Å². The number of fused-ring (bicyclic) bond motifs is 14. The molecule has 21 rings (SSSR count).